The molecule has 0 radical (unpaired) electrons. The van der Waals surface area contributed by atoms with Gasteiger partial charge in [0, 0.05) is 16.0 Å². The summed E-state index contributed by atoms with van der Waals surface area (Å²) in [5, 5.41) is 14.6. The zero-order valence-electron chi connectivity index (χ0n) is 12.2. The lowest BCUT2D eigenvalue weighted by molar-refractivity contribution is -0.122. The molecule has 1 aliphatic rings. The van der Waals surface area contributed by atoms with E-state index in [4.69, 9.17) is 10.9 Å². The standard InChI is InChI=1S/C15H20BrN3O2/c1-15(2)7-3-4-10(15)14(20)18-12-6-5-9(8-11(12)16)13(17)19-21/h5-6,8,10,21H,3-4,7H2,1-2H3,(H2,17,19)(H,18,20). The summed E-state index contributed by atoms with van der Waals surface area (Å²) in [5.74, 6) is 0.119. The zero-order valence-corrected chi connectivity index (χ0v) is 13.8. The molecule has 1 fully saturated rings. The number of amides is 1. The first kappa shape index (κ1) is 15.8. The second kappa shape index (κ2) is 6.05. The average molecular weight is 354 g/mol. The molecule has 6 heteroatoms. The molecule has 5 nitrogen and oxygen atoms in total. The van der Waals surface area contributed by atoms with Crippen LogP contribution in [0.3, 0.4) is 0 Å². The highest BCUT2D eigenvalue weighted by Crippen LogP contribution is 2.43. The Bertz CT molecular complexity index is 584. The number of hydrogen-bond acceptors (Lipinski definition) is 3. The maximum atomic E-state index is 12.4. The second-order valence-electron chi connectivity index (χ2n) is 6.10. The third-order valence-electron chi connectivity index (χ3n) is 4.20. The molecule has 0 heterocycles. The van der Waals surface area contributed by atoms with E-state index in [1.54, 1.807) is 18.2 Å². The molecule has 1 aromatic rings. The summed E-state index contributed by atoms with van der Waals surface area (Å²) >= 11 is 3.40. The Morgan fingerprint density at radius 2 is 2.24 bits per heavy atom. The van der Waals surface area contributed by atoms with Gasteiger partial charge in [-0.15, -0.1) is 0 Å². The first-order valence-electron chi connectivity index (χ1n) is 6.93. The molecule has 1 aliphatic carbocycles. The van der Waals surface area contributed by atoms with Gasteiger partial charge in [-0.3, -0.25) is 4.79 Å². The van der Waals surface area contributed by atoms with Crippen molar-refractivity contribution in [2.75, 3.05) is 5.32 Å². The average Bonchev–Trinajstić information content (AvgIpc) is 2.79. The molecule has 0 bridgehead atoms. The molecule has 2 rings (SSSR count). The van der Waals surface area contributed by atoms with Gasteiger partial charge in [-0.1, -0.05) is 25.4 Å². The maximum absolute atomic E-state index is 12.4. The number of anilines is 1. The van der Waals surface area contributed by atoms with Gasteiger partial charge in [0.1, 0.15) is 0 Å². The minimum Gasteiger partial charge on any atom is -0.409 e. The van der Waals surface area contributed by atoms with Gasteiger partial charge in [0.25, 0.3) is 0 Å². The number of nitrogens with two attached hydrogens (primary N) is 1. The molecule has 1 aromatic carbocycles. The normalized spacial score (nSPS) is 21.3. The van der Waals surface area contributed by atoms with Crippen molar-refractivity contribution in [3.8, 4) is 0 Å². The number of halogens is 1. The van der Waals surface area contributed by atoms with E-state index in [9.17, 15) is 4.79 Å². The van der Waals surface area contributed by atoms with Crippen LogP contribution in [-0.2, 0) is 4.79 Å². The number of nitrogens with zero attached hydrogens (tertiary/aromatic N) is 1. The van der Waals surface area contributed by atoms with E-state index in [0.29, 0.717) is 15.7 Å². The van der Waals surface area contributed by atoms with Gasteiger partial charge >= 0.3 is 0 Å². The van der Waals surface area contributed by atoms with E-state index in [-0.39, 0.29) is 23.1 Å². The van der Waals surface area contributed by atoms with Crippen molar-refractivity contribution < 1.29 is 10.0 Å². The number of carbonyl (C=O) groups excluding carboxylic acids is 1. The van der Waals surface area contributed by atoms with Crippen molar-refractivity contribution in [1.29, 1.82) is 0 Å². The van der Waals surface area contributed by atoms with Crippen LogP contribution in [0.2, 0.25) is 0 Å². The van der Waals surface area contributed by atoms with Gasteiger partial charge in [-0.05, 0) is 52.4 Å². The number of rotatable bonds is 3. The number of oxime groups is 1. The third kappa shape index (κ3) is 3.37. The number of amidine groups is 1. The molecule has 0 saturated heterocycles. The number of hydrogen-bond donors (Lipinski definition) is 3. The molecule has 1 atom stereocenters. The molecule has 1 unspecified atom stereocenters. The fourth-order valence-corrected chi connectivity index (χ4v) is 3.34. The van der Waals surface area contributed by atoms with Gasteiger partial charge in [0.15, 0.2) is 5.84 Å². The van der Waals surface area contributed by atoms with Gasteiger partial charge in [-0.2, -0.15) is 0 Å². The van der Waals surface area contributed by atoms with Crippen LogP contribution in [0.25, 0.3) is 0 Å². The van der Waals surface area contributed by atoms with Crippen molar-refractivity contribution in [2.24, 2.45) is 22.2 Å². The molecule has 21 heavy (non-hydrogen) atoms. The lowest BCUT2D eigenvalue weighted by Crippen LogP contribution is -2.30. The Morgan fingerprint density at radius 3 is 2.76 bits per heavy atom. The van der Waals surface area contributed by atoms with E-state index in [1.807, 2.05) is 0 Å². The Hall–Kier alpha value is -1.56. The predicted molar refractivity (Wildman–Crippen MR) is 86.4 cm³/mol. The first-order valence-corrected chi connectivity index (χ1v) is 7.73. The van der Waals surface area contributed by atoms with Crippen LogP contribution in [0.15, 0.2) is 27.8 Å². The first-order chi connectivity index (χ1) is 9.85. The van der Waals surface area contributed by atoms with Crippen molar-refractivity contribution in [3.63, 3.8) is 0 Å². The molecule has 1 saturated carbocycles. The second-order valence-corrected chi connectivity index (χ2v) is 6.96. The van der Waals surface area contributed by atoms with Gasteiger partial charge < -0.3 is 16.3 Å². The highest BCUT2D eigenvalue weighted by atomic mass is 79.9. The van der Waals surface area contributed by atoms with E-state index in [1.165, 1.54) is 0 Å². The van der Waals surface area contributed by atoms with Gasteiger partial charge in [0.05, 0.1) is 5.69 Å². The Labute approximate surface area is 132 Å². The highest BCUT2D eigenvalue weighted by Gasteiger charge is 2.39. The van der Waals surface area contributed by atoms with E-state index in [0.717, 1.165) is 19.3 Å². The summed E-state index contributed by atoms with van der Waals surface area (Å²) < 4.78 is 0.704. The van der Waals surface area contributed by atoms with Crippen LogP contribution < -0.4 is 11.1 Å². The Morgan fingerprint density at radius 1 is 1.52 bits per heavy atom. The summed E-state index contributed by atoms with van der Waals surface area (Å²) in [5.41, 5.74) is 6.87. The number of carbonyl (C=O) groups is 1. The molecule has 1 amide bonds. The lowest BCUT2D eigenvalue weighted by atomic mass is 9.81. The van der Waals surface area contributed by atoms with Crippen molar-refractivity contribution in [1.82, 2.24) is 0 Å². The third-order valence-corrected chi connectivity index (χ3v) is 4.86. The lowest BCUT2D eigenvalue weighted by Gasteiger charge is -2.26. The minimum absolute atomic E-state index is 0.0329. The Kier molecular flexibility index (Phi) is 4.56. The minimum atomic E-state index is 0.0329. The molecular formula is C15H20BrN3O2. The van der Waals surface area contributed by atoms with Crippen LogP contribution >= 0.6 is 15.9 Å². The quantitative estimate of drug-likeness (QED) is 0.337. The van der Waals surface area contributed by atoms with Crippen molar-refractivity contribution >= 4 is 33.4 Å². The predicted octanol–water partition coefficient (Wildman–Crippen LogP) is 3.31. The zero-order chi connectivity index (χ0) is 15.6. The number of nitrogens with one attached hydrogen (secondary N) is 1. The molecule has 114 valence electrons. The Balaban J connectivity index is 2.15. The van der Waals surface area contributed by atoms with E-state index >= 15 is 0 Å². The van der Waals surface area contributed by atoms with Gasteiger partial charge in [0.2, 0.25) is 5.91 Å². The summed E-state index contributed by atoms with van der Waals surface area (Å²) in [6, 6.07) is 5.16. The SMILES string of the molecule is CC1(C)CCCC1C(=O)Nc1ccc(/C(N)=N/O)cc1Br. The fourth-order valence-electron chi connectivity index (χ4n) is 2.87. The maximum Gasteiger partial charge on any atom is 0.228 e. The topological polar surface area (TPSA) is 87.7 Å². The monoisotopic (exact) mass is 353 g/mol. The van der Waals surface area contributed by atoms with Crippen LogP contribution in [0.1, 0.15) is 38.7 Å². The summed E-state index contributed by atoms with van der Waals surface area (Å²) in [4.78, 5) is 12.4. The molecule has 0 aromatic heterocycles. The highest BCUT2D eigenvalue weighted by molar-refractivity contribution is 9.10. The summed E-state index contributed by atoms with van der Waals surface area (Å²) in [7, 11) is 0. The van der Waals surface area contributed by atoms with E-state index in [2.05, 4.69) is 40.2 Å². The van der Waals surface area contributed by atoms with Crippen LogP contribution in [-0.4, -0.2) is 17.0 Å². The molecule has 0 aliphatic heterocycles. The van der Waals surface area contributed by atoms with Crippen LogP contribution in [0.4, 0.5) is 5.69 Å². The van der Waals surface area contributed by atoms with Crippen LogP contribution in [0, 0.1) is 11.3 Å². The summed E-state index contributed by atoms with van der Waals surface area (Å²) in [6.07, 6.45) is 3.10. The van der Waals surface area contributed by atoms with Gasteiger partial charge in [-0.25, -0.2) is 0 Å². The molecule has 0 spiro atoms. The number of benzene rings is 1. The molecule has 4 N–H and O–H groups in total. The summed E-state index contributed by atoms with van der Waals surface area (Å²) in [6.45, 7) is 4.28. The largest absolute Gasteiger partial charge is 0.409 e. The molecular weight excluding hydrogens is 334 g/mol. The van der Waals surface area contributed by atoms with Crippen molar-refractivity contribution in [3.05, 3.63) is 28.2 Å². The van der Waals surface area contributed by atoms with Crippen LogP contribution in [0.5, 0.6) is 0 Å². The fraction of sp³-hybridized carbons (Fsp3) is 0.467. The van der Waals surface area contributed by atoms with E-state index < -0.39 is 0 Å². The van der Waals surface area contributed by atoms with Crippen molar-refractivity contribution in [2.45, 2.75) is 33.1 Å². The smallest absolute Gasteiger partial charge is 0.228 e.